The van der Waals surface area contributed by atoms with Crippen molar-refractivity contribution in [3.05, 3.63) is 48.0 Å². The SMILES string of the molecule is COc1ccc(NC(=O)[C@@H](C)OC(=O)CN2C(=O)C(=O)c3ccccc32)cc1OC. The predicted octanol–water partition coefficient (Wildman–Crippen LogP) is 1.80. The van der Waals surface area contributed by atoms with Crippen LogP contribution in [0.15, 0.2) is 42.5 Å². The van der Waals surface area contributed by atoms with Gasteiger partial charge in [-0.2, -0.15) is 0 Å². The van der Waals surface area contributed by atoms with Crippen molar-refractivity contribution in [1.82, 2.24) is 0 Å². The molecule has 0 saturated heterocycles. The van der Waals surface area contributed by atoms with Gasteiger partial charge in [0.2, 0.25) is 0 Å². The van der Waals surface area contributed by atoms with Gasteiger partial charge in [-0.3, -0.25) is 24.1 Å². The topological polar surface area (TPSA) is 111 Å². The van der Waals surface area contributed by atoms with Gasteiger partial charge < -0.3 is 19.5 Å². The number of carbonyl (C=O) groups excluding carboxylic acids is 4. The lowest BCUT2D eigenvalue weighted by Crippen LogP contribution is -2.38. The first kappa shape index (κ1) is 20.8. The third-order valence-electron chi connectivity index (χ3n) is 4.49. The van der Waals surface area contributed by atoms with E-state index in [9.17, 15) is 19.2 Å². The summed E-state index contributed by atoms with van der Waals surface area (Å²) in [5, 5.41) is 2.61. The van der Waals surface area contributed by atoms with Crippen LogP contribution in [0.3, 0.4) is 0 Å². The minimum Gasteiger partial charge on any atom is -0.493 e. The molecule has 2 aromatic carbocycles. The van der Waals surface area contributed by atoms with Gasteiger partial charge in [-0.15, -0.1) is 0 Å². The van der Waals surface area contributed by atoms with Gasteiger partial charge in [0.25, 0.3) is 17.6 Å². The Morgan fingerprint density at radius 2 is 1.73 bits per heavy atom. The van der Waals surface area contributed by atoms with Crippen LogP contribution in [0.4, 0.5) is 11.4 Å². The first-order valence-corrected chi connectivity index (χ1v) is 9.03. The van der Waals surface area contributed by atoms with E-state index in [0.29, 0.717) is 22.9 Å². The molecule has 1 aliphatic rings. The fourth-order valence-electron chi connectivity index (χ4n) is 2.98. The average Bonchev–Trinajstić information content (AvgIpc) is 2.98. The number of rotatable bonds is 7. The zero-order valence-electron chi connectivity index (χ0n) is 16.6. The maximum absolute atomic E-state index is 12.4. The van der Waals surface area contributed by atoms with E-state index < -0.39 is 36.2 Å². The summed E-state index contributed by atoms with van der Waals surface area (Å²) in [6, 6.07) is 11.2. The van der Waals surface area contributed by atoms with Crippen LogP contribution in [0.5, 0.6) is 11.5 Å². The van der Waals surface area contributed by atoms with E-state index in [2.05, 4.69) is 5.32 Å². The van der Waals surface area contributed by atoms with E-state index in [1.807, 2.05) is 0 Å². The zero-order valence-corrected chi connectivity index (χ0v) is 16.6. The minimum atomic E-state index is -1.13. The number of carbonyl (C=O) groups is 4. The van der Waals surface area contributed by atoms with Gasteiger partial charge in [-0.05, 0) is 31.2 Å². The lowest BCUT2D eigenvalue weighted by atomic mass is 10.1. The van der Waals surface area contributed by atoms with Crippen LogP contribution >= 0.6 is 0 Å². The third-order valence-corrected chi connectivity index (χ3v) is 4.49. The summed E-state index contributed by atoms with van der Waals surface area (Å²) in [5.74, 6) is -1.95. The van der Waals surface area contributed by atoms with Crippen molar-refractivity contribution in [2.24, 2.45) is 0 Å². The monoisotopic (exact) mass is 412 g/mol. The van der Waals surface area contributed by atoms with E-state index >= 15 is 0 Å². The highest BCUT2D eigenvalue weighted by Gasteiger charge is 2.37. The number of esters is 1. The Hall–Kier alpha value is -3.88. The molecule has 0 bridgehead atoms. The van der Waals surface area contributed by atoms with E-state index in [1.54, 1.807) is 36.4 Å². The van der Waals surface area contributed by atoms with Crippen molar-refractivity contribution in [2.75, 3.05) is 31.0 Å². The molecule has 0 aliphatic carbocycles. The van der Waals surface area contributed by atoms with Crippen molar-refractivity contribution < 1.29 is 33.4 Å². The molecule has 1 aliphatic heterocycles. The van der Waals surface area contributed by atoms with Gasteiger partial charge in [-0.25, -0.2) is 0 Å². The summed E-state index contributed by atoms with van der Waals surface area (Å²) in [7, 11) is 2.96. The number of amides is 2. The number of nitrogens with one attached hydrogen (secondary N) is 1. The molecule has 3 rings (SSSR count). The van der Waals surface area contributed by atoms with Crippen LogP contribution < -0.4 is 19.7 Å². The first-order valence-electron chi connectivity index (χ1n) is 9.03. The van der Waals surface area contributed by atoms with Gasteiger partial charge in [-0.1, -0.05) is 12.1 Å². The lowest BCUT2D eigenvalue weighted by Gasteiger charge is -2.18. The molecule has 0 saturated carbocycles. The molecule has 1 atom stereocenters. The van der Waals surface area contributed by atoms with Gasteiger partial charge >= 0.3 is 5.97 Å². The third kappa shape index (κ3) is 4.09. The van der Waals surface area contributed by atoms with E-state index in [0.717, 1.165) is 4.90 Å². The van der Waals surface area contributed by atoms with Crippen LogP contribution in [0.2, 0.25) is 0 Å². The molecule has 30 heavy (non-hydrogen) atoms. The molecule has 2 aromatic rings. The Morgan fingerprint density at radius 3 is 2.43 bits per heavy atom. The van der Waals surface area contributed by atoms with Crippen LogP contribution in [-0.4, -0.2) is 50.4 Å². The average molecular weight is 412 g/mol. The number of para-hydroxylation sites is 1. The molecule has 1 heterocycles. The fourth-order valence-corrected chi connectivity index (χ4v) is 2.98. The molecule has 0 unspecified atom stereocenters. The summed E-state index contributed by atoms with van der Waals surface area (Å²) in [6.45, 7) is 0.925. The highest BCUT2D eigenvalue weighted by Crippen LogP contribution is 2.30. The maximum Gasteiger partial charge on any atom is 0.326 e. The number of nitrogens with zero attached hydrogens (tertiary/aromatic N) is 1. The highest BCUT2D eigenvalue weighted by molar-refractivity contribution is 6.52. The summed E-state index contributed by atoms with van der Waals surface area (Å²) in [6.07, 6.45) is -1.13. The first-order chi connectivity index (χ1) is 14.3. The number of anilines is 2. The molecule has 156 valence electrons. The van der Waals surface area contributed by atoms with E-state index in [4.69, 9.17) is 14.2 Å². The molecule has 0 spiro atoms. The van der Waals surface area contributed by atoms with E-state index in [1.165, 1.54) is 27.2 Å². The molecule has 0 aromatic heterocycles. The fraction of sp³-hybridized carbons (Fsp3) is 0.238. The van der Waals surface area contributed by atoms with Crippen molar-refractivity contribution >= 4 is 34.9 Å². The number of benzene rings is 2. The Bertz CT molecular complexity index is 1020. The molecular formula is C21H20N2O7. The second kappa shape index (κ2) is 8.64. The molecular weight excluding hydrogens is 392 g/mol. The van der Waals surface area contributed by atoms with Crippen LogP contribution in [0.1, 0.15) is 17.3 Å². The van der Waals surface area contributed by atoms with Gasteiger partial charge in [0.15, 0.2) is 17.6 Å². The molecule has 9 nitrogen and oxygen atoms in total. The number of Topliss-reactive ketones (excluding diaryl/α,β-unsaturated/α-hetero) is 1. The summed E-state index contributed by atoms with van der Waals surface area (Å²) in [5.41, 5.74) is 0.997. The highest BCUT2D eigenvalue weighted by atomic mass is 16.5. The van der Waals surface area contributed by atoms with Crippen molar-refractivity contribution in [2.45, 2.75) is 13.0 Å². The Morgan fingerprint density at radius 1 is 1.03 bits per heavy atom. The predicted molar refractivity (Wildman–Crippen MR) is 107 cm³/mol. The number of fused-ring (bicyclic) bond motifs is 1. The van der Waals surface area contributed by atoms with Crippen LogP contribution in [0, 0.1) is 0 Å². The van der Waals surface area contributed by atoms with Crippen molar-refractivity contribution in [1.29, 1.82) is 0 Å². The van der Waals surface area contributed by atoms with Crippen molar-refractivity contribution in [3.63, 3.8) is 0 Å². The maximum atomic E-state index is 12.4. The Labute approximate surface area is 172 Å². The molecule has 2 amide bonds. The van der Waals surface area contributed by atoms with Gasteiger partial charge in [0, 0.05) is 11.8 Å². The van der Waals surface area contributed by atoms with Crippen LogP contribution in [-0.2, 0) is 19.1 Å². The number of hydrogen-bond donors (Lipinski definition) is 1. The quantitative estimate of drug-likeness (QED) is 0.545. The van der Waals surface area contributed by atoms with Crippen LogP contribution in [0.25, 0.3) is 0 Å². The van der Waals surface area contributed by atoms with Gasteiger partial charge in [0.05, 0.1) is 25.5 Å². The van der Waals surface area contributed by atoms with E-state index in [-0.39, 0.29) is 5.56 Å². The summed E-state index contributed by atoms with van der Waals surface area (Å²) >= 11 is 0. The number of ketones is 1. The van der Waals surface area contributed by atoms with Crippen molar-refractivity contribution in [3.8, 4) is 11.5 Å². The minimum absolute atomic E-state index is 0.231. The molecule has 0 radical (unpaired) electrons. The molecule has 0 fully saturated rings. The normalized spacial score (nSPS) is 13.5. The summed E-state index contributed by atoms with van der Waals surface area (Å²) in [4.78, 5) is 49.8. The number of ether oxygens (including phenoxy) is 3. The lowest BCUT2D eigenvalue weighted by molar-refractivity contribution is -0.152. The smallest absolute Gasteiger partial charge is 0.326 e. The molecule has 1 N–H and O–H groups in total. The summed E-state index contributed by atoms with van der Waals surface area (Å²) < 4.78 is 15.5. The number of methoxy groups -OCH3 is 2. The number of hydrogen-bond acceptors (Lipinski definition) is 7. The second-order valence-electron chi connectivity index (χ2n) is 6.43. The zero-order chi connectivity index (χ0) is 21.8. The standard InChI is InChI=1S/C21H20N2O7/c1-12(20(26)22-13-8-9-16(28-2)17(10-13)29-3)30-18(24)11-23-15-7-5-4-6-14(15)19(25)21(23)27/h4-10,12H,11H2,1-3H3,(H,22,26)/t12-/m1/s1. The Balaban J connectivity index is 1.61. The van der Waals surface area contributed by atoms with Gasteiger partial charge in [0.1, 0.15) is 6.54 Å². The second-order valence-corrected chi connectivity index (χ2v) is 6.43. The molecule has 9 heteroatoms. The Kier molecular flexibility index (Phi) is 6.01. The largest absolute Gasteiger partial charge is 0.493 e.